The van der Waals surface area contributed by atoms with Gasteiger partial charge < -0.3 is 10.5 Å². The number of rotatable bonds is 5. The molecule has 3 aromatic rings. The number of nitrogens with zero attached hydrogens (tertiary/aromatic N) is 3. The summed E-state index contributed by atoms with van der Waals surface area (Å²) < 4.78 is 5.16. The molecule has 0 bridgehead atoms. The number of hydrogen-bond acceptors (Lipinski definition) is 5. The minimum Gasteiger partial charge on any atom is -0.497 e. The highest BCUT2D eigenvalue weighted by Gasteiger charge is 2.11. The number of anilines is 1. The van der Waals surface area contributed by atoms with E-state index in [9.17, 15) is 0 Å². The maximum absolute atomic E-state index is 5.89. The van der Waals surface area contributed by atoms with Crippen molar-refractivity contribution in [3.63, 3.8) is 0 Å². The number of ether oxygens (including phenoxy) is 1. The molecule has 0 atom stereocenters. The Hall–Kier alpha value is -3.15. The molecule has 0 spiro atoms. The molecule has 0 saturated carbocycles. The van der Waals surface area contributed by atoms with Gasteiger partial charge in [0.25, 0.3) is 0 Å². The molecule has 0 aliphatic heterocycles. The van der Waals surface area contributed by atoms with Crippen molar-refractivity contribution in [2.75, 3.05) is 12.8 Å². The molecular weight excluding hydrogens is 290 g/mol. The standard InChI is InChI=1S/C17H17N5O/c1-23-14-9-7-12(8-10-14)11-15-16(17(18)22-20-15)21-19-13-5-3-2-4-6-13/h2-10H,11H2,1H3,(H3,18,20,22). The molecule has 3 N–H and O–H groups in total. The van der Waals surface area contributed by atoms with Gasteiger partial charge >= 0.3 is 0 Å². The first-order chi connectivity index (χ1) is 11.3. The van der Waals surface area contributed by atoms with Crippen LogP contribution in [0.15, 0.2) is 64.8 Å². The van der Waals surface area contributed by atoms with Crippen LogP contribution in [-0.2, 0) is 6.42 Å². The SMILES string of the molecule is COc1ccc(Cc2[nH]nc(N)c2N=Nc2ccccc2)cc1. The molecule has 116 valence electrons. The van der Waals surface area contributed by atoms with Gasteiger partial charge in [0.15, 0.2) is 11.5 Å². The number of nitrogen functional groups attached to an aromatic ring is 1. The molecule has 6 nitrogen and oxygen atoms in total. The summed E-state index contributed by atoms with van der Waals surface area (Å²) in [6.45, 7) is 0. The lowest BCUT2D eigenvalue weighted by Gasteiger charge is -2.03. The summed E-state index contributed by atoms with van der Waals surface area (Å²) in [5.41, 5.74) is 9.16. The van der Waals surface area contributed by atoms with Crippen LogP contribution >= 0.6 is 0 Å². The Morgan fingerprint density at radius 3 is 2.48 bits per heavy atom. The molecule has 1 heterocycles. The first kappa shape index (κ1) is 14.8. The zero-order valence-corrected chi connectivity index (χ0v) is 12.7. The van der Waals surface area contributed by atoms with E-state index in [1.807, 2.05) is 54.6 Å². The highest BCUT2D eigenvalue weighted by Crippen LogP contribution is 2.28. The number of nitrogens with one attached hydrogen (secondary N) is 1. The molecular formula is C17H17N5O. The predicted octanol–water partition coefficient (Wildman–Crippen LogP) is 4.01. The van der Waals surface area contributed by atoms with Gasteiger partial charge in [0.2, 0.25) is 0 Å². The number of methoxy groups -OCH3 is 1. The molecule has 3 rings (SSSR count). The first-order valence-electron chi connectivity index (χ1n) is 7.18. The van der Waals surface area contributed by atoms with E-state index in [0.717, 1.165) is 22.7 Å². The van der Waals surface area contributed by atoms with Gasteiger partial charge in [-0.3, -0.25) is 5.10 Å². The Labute approximate surface area is 134 Å². The lowest BCUT2D eigenvalue weighted by atomic mass is 10.1. The van der Waals surface area contributed by atoms with Gasteiger partial charge in [-0.2, -0.15) is 10.2 Å². The van der Waals surface area contributed by atoms with E-state index in [1.165, 1.54) is 0 Å². The summed E-state index contributed by atoms with van der Waals surface area (Å²) in [6.07, 6.45) is 0.636. The van der Waals surface area contributed by atoms with Crippen LogP contribution < -0.4 is 10.5 Å². The minimum absolute atomic E-state index is 0.341. The molecule has 1 aromatic heterocycles. The number of benzene rings is 2. The largest absolute Gasteiger partial charge is 0.497 e. The van der Waals surface area contributed by atoms with Gasteiger partial charge in [0.1, 0.15) is 5.75 Å². The molecule has 0 saturated heterocycles. The molecule has 2 aromatic carbocycles. The molecule has 0 amide bonds. The summed E-state index contributed by atoms with van der Waals surface area (Å²) in [5, 5.41) is 15.4. The third-order valence-electron chi connectivity index (χ3n) is 3.40. The van der Waals surface area contributed by atoms with Crippen LogP contribution in [0.3, 0.4) is 0 Å². The Bertz CT molecular complexity index is 794. The number of aromatic nitrogens is 2. The maximum Gasteiger partial charge on any atom is 0.173 e. The topological polar surface area (TPSA) is 88.6 Å². The third kappa shape index (κ3) is 3.55. The van der Waals surface area contributed by atoms with Gasteiger partial charge in [-0.05, 0) is 29.8 Å². The molecule has 0 aliphatic carbocycles. The van der Waals surface area contributed by atoms with Crippen molar-refractivity contribution in [2.24, 2.45) is 10.2 Å². The van der Waals surface area contributed by atoms with E-state index in [0.29, 0.717) is 17.9 Å². The lowest BCUT2D eigenvalue weighted by molar-refractivity contribution is 0.414. The number of H-pyrrole nitrogens is 1. The number of nitrogens with two attached hydrogens (primary N) is 1. The summed E-state index contributed by atoms with van der Waals surface area (Å²) in [6, 6.07) is 17.3. The Balaban J connectivity index is 1.82. The smallest absolute Gasteiger partial charge is 0.173 e. The van der Waals surface area contributed by atoms with Gasteiger partial charge in [-0.1, -0.05) is 30.3 Å². The second-order valence-electron chi connectivity index (χ2n) is 5.00. The molecule has 0 aliphatic rings. The van der Waals surface area contributed by atoms with Gasteiger partial charge in [0, 0.05) is 6.42 Å². The van der Waals surface area contributed by atoms with Crippen molar-refractivity contribution >= 4 is 17.2 Å². The van der Waals surface area contributed by atoms with Crippen molar-refractivity contribution in [1.29, 1.82) is 0 Å². The third-order valence-corrected chi connectivity index (χ3v) is 3.40. The second kappa shape index (κ2) is 6.74. The van der Waals surface area contributed by atoms with Crippen LogP contribution in [0.1, 0.15) is 11.3 Å². The second-order valence-corrected chi connectivity index (χ2v) is 5.00. The summed E-state index contributed by atoms with van der Waals surface area (Å²) in [7, 11) is 1.65. The average Bonchev–Trinajstić information content (AvgIpc) is 2.94. The zero-order chi connectivity index (χ0) is 16.1. The van der Waals surface area contributed by atoms with E-state index >= 15 is 0 Å². The summed E-state index contributed by atoms with van der Waals surface area (Å²) >= 11 is 0. The summed E-state index contributed by atoms with van der Waals surface area (Å²) in [4.78, 5) is 0. The van der Waals surface area contributed by atoms with Gasteiger partial charge in [-0.15, -0.1) is 5.11 Å². The van der Waals surface area contributed by atoms with Crippen LogP contribution in [0, 0.1) is 0 Å². The van der Waals surface area contributed by atoms with Crippen LogP contribution in [-0.4, -0.2) is 17.3 Å². The Morgan fingerprint density at radius 2 is 1.78 bits per heavy atom. The van der Waals surface area contributed by atoms with E-state index in [4.69, 9.17) is 10.5 Å². The Morgan fingerprint density at radius 1 is 1.04 bits per heavy atom. The van der Waals surface area contributed by atoms with E-state index in [2.05, 4.69) is 20.4 Å². The molecule has 0 radical (unpaired) electrons. The fraction of sp³-hybridized carbons (Fsp3) is 0.118. The van der Waals surface area contributed by atoms with Crippen LogP contribution in [0.4, 0.5) is 17.2 Å². The summed E-state index contributed by atoms with van der Waals surface area (Å²) in [5.74, 6) is 1.16. The number of aromatic amines is 1. The molecule has 0 fully saturated rings. The monoisotopic (exact) mass is 307 g/mol. The fourth-order valence-corrected chi connectivity index (χ4v) is 2.17. The van der Waals surface area contributed by atoms with Crippen LogP contribution in [0.25, 0.3) is 0 Å². The maximum atomic E-state index is 5.89. The van der Waals surface area contributed by atoms with Crippen molar-refractivity contribution in [3.8, 4) is 5.75 Å². The highest BCUT2D eigenvalue weighted by atomic mass is 16.5. The van der Waals surface area contributed by atoms with Crippen molar-refractivity contribution in [3.05, 3.63) is 65.9 Å². The quantitative estimate of drug-likeness (QED) is 0.698. The molecule has 6 heteroatoms. The first-order valence-corrected chi connectivity index (χ1v) is 7.18. The zero-order valence-electron chi connectivity index (χ0n) is 12.7. The number of azo groups is 1. The van der Waals surface area contributed by atoms with Crippen LogP contribution in [0.5, 0.6) is 5.75 Å². The van der Waals surface area contributed by atoms with E-state index in [-0.39, 0.29) is 0 Å². The fourth-order valence-electron chi connectivity index (χ4n) is 2.17. The lowest BCUT2D eigenvalue weighted by Crippen LogP contribution is -1.90. The molecule has 23 heavy (non-hydrogen) atoms. The van der Waals surface area contributed by atoms with E-state index in [1.54, 1.807) is 7.11 Å². The average molecular weight is 307 g/mol. The van der Waals surface area contributed by atoms with E-state index < -0.39 is 0 Å². The predicted molar refractivity (Wildman–Crippen MR) is 89.4 cm³/mol. The Kier molecular flexibility index (Phi) is 4.33. The minimum atomic E-state index is 0.341. The normalized spacial score (nSPS) is 11.0. The van der Waals surface area contributed by atoms with Crippen molar-refractivity contribution in [2.45, 2.75) is 6.42 Å². The van der Waals surface area contributed by atoms with Crippen molar-refractivity contribution in [1.82, 2.24) is 10.2 Å². The van der Waals surface area contributed by atoms with Crippen molar-refractivity contribution < 1.29 is 4.74 Å². The van der Waals surface area contributed by atoms with Crippen LogP contribution in [0.2, 0.25) is 0 Å². The van der Waals surface area contributed by atoms with Gasteiger partial charge in [0.05, 0.1) is 18.5 Å². The number of hydrogen-bond donors (Lipinski definition) is 2. The molecule has 0 unspecified atom stereocenters. The highest BCUT2D eigenvalue weighted by molar-refractivity contribution is 5.61. The van der Waals surface area contributed by atoms with Gasteiger partial charge in [-0.25, -0.2) is 0 Å².